The molecule has 0 unspecified atom stereocenters. The monoisotopic (exact) mass is 549 g/mol. The summed E-state index contributed by atoms with van der Waals surface area (Å²) < 4.78 is 27.8. The van der Waals surface area contributed by atoms with E-state index in [4.69, 9.17) is 23.1 Å². The van der Waals surface area contributed by atoms with Gasteiger partial charge in [-0.05, 0) is 19.1 Å². The average Bonchev–Trinajstić information content (AvgIpc) is 2.68. The third-order valence-electron chi connectivity index (χ3n) is 4.69. The van der Waals surface area contributed by atoms with E-state index in [1.165, 1.54) is 0 Å². The third-order valence-corrected chi connectivity index (χ3v) is 6.44. The maximum absolute atomic E-state index is 12.3. The summed E-state index contributed by atoms with van der Waals surface area (Å²) in [6, 6.07) is 6.71. The molecule has 0 bridgehead atoms. The van der Waals surface area contributed by atoms with E-state index in [2.05, 4.69) is 20.0 Å². The molecule has 178 valence electrons. The summed E-state index contributed by atoms with van der Waals surface area (Å²) in [7, 11) is 0.467. The fourth-order valence-corrected chi connectivity index (χ4v) is 3.99. The first-order valence-electron chi connectivity index (χ1n) is 9.66. The summed E-state index contributed by atoms with van der Waals surface area (Å²) in [5, 5.41) is 2.66. The predicted octanol–water partition coefficient (Wildman–Crippen LogP) is -2.22. The van der Waals surface area contributed by atoms with Crippen LogP contribution in [0.15, 0.2) is 29.2 Å². The number of sulfonamides is 1. The van der Waals surface area contributed by atoms with Gasteiger partial charge in [-0.2, -0.15) is 0 Å². The number of anilines is 2. The first kappa shape index (κ1) is 28.0. The molecule has 6 N–H and O–H groups in total. The van der Waals surface area contributed by atoms with Crippen molar-refractivity contribution in [1.29, 1.82) is 0 Å². The van der Waals surface area contributed by atoms with Crippen LogP contribution in [0.5, 0.6) is 0 Å². The minimum absolute atomic E-state index is 0. The highest BCUT2D eigenvalue weighted by Crippen LogP contribution is 2.17. The van der Waals surface area contributed by atoms with E-state index in [0.29, 0.717) is 37.1 Å². The molecule has 2 aromatic rings. The van der Waals surface area contributed by atoms with Crippen LogP contribution in [0, 0.1) is 6.92 Å². The van der Waals surface area contributed by atoms with Crippen molar-refractivity contribution in [1.82, 2.24) is 20.0 Å². The van der Waals surface area contributed by atoms with Gasteiger partial charge in [-0.25, -0.2) is 23.1 Å². The van der Waals surface area contributed by atoms with E-state index in [1.54, 1.807) is 24.3 Å². The Hall–Kier alpha value is -1.99. The van der Waals surface area contributed by atoms with E-state index >= 15 is 0 Å². The molecule has 2 rings (SSSR count). The minimum atomic E-state index is -3.52. The fraction of sp³-hybridized carbons (Fsp3) is 0.421. The fourth-order valence-electron chi connectivity index (χ4n) is 2.79. The normalized spacial score (nSPS) is 11.6. The first-order valence-corrected chi connectivity index (χ1v) is 11.5. The molecular formula is C19H29BrClN7O3S. The second kappa shape index (κ2) is 11.8. The number of nitrogen functional groups attached to an aromatic ring is 2. The Morgan fingerprint density at radius 2 is 1.69 bits per heavy atom. The Balaban J connectivity index is 0.00000512. The number of halogens is 2. The Kier molecular flexibility index (Phi) is 10.3. The molecule has 1 heterocycles. The lowest BCUT2D eigenvalue weighted by atomic mass is 10.2. The number of benzene rings is 1. The molecular weight excluding hydrogens is 522 g/mol. The molecule has 0 aliphatic heterocycles. The number of hydrogen-bond acceptors (Lipinski definition) is 7. The number of nitrogens with zero attached hydrogens (tertiary/aromatic N) is 3. The smallest absolute Gasteiger partial charge is 0.273 e. The van der Waals surface area contributed by atoms with Crippen LogP contribution in [0.25, 0.3) is 0 Å². The van der Waals surface area contributed by atoms with Gasteiger partial charge in [0.15, 0.2) is 22.5 Å². The Morgan fingerprint density at radius 1 is 1.06 bits per heavy atom. The van der Waals surface area contributed by atoms with Gasteiger partial charge in [0.25, 0.3) is 5.91 Å². The number of quaternary nitrogens is 1. The van der Waals surface area contributed by atoms with E-state index in [0.717, 1.165) is 5.56 Å². The van der Waals surface area contributed by atoms with Crippen molar-refractivity contribution in [3.05, 3.63) is 40.7 Å². The molecule has 32 heavy (non-hydrogen) atoms. The van der Waals surface area contributed by atoms with Crippen LogP contribution in [0.3, 0.4) is 0 Å². The molecule has 0 atom stereocenters. The summed E-state index contributed by atoms with van der Waals surface area (Å²) in [6.45, 7) is 3.91. The summed E-state index contributed by atoms with van der Waals surface area (Å²) in [6.07, 6.45) is 0.637. The molecule has 1 aromatic carbocycles. The van der Waals surface area contributed by atoms with E-state index in [-0.39, 0.29) is 44.4 Å². The van der Waals surface area contributed by atoms with E-state index in [1.807, 2.05) is 21.0 Å². The zero-order chi connectivity index (χ0) is 23.2. The van der Waals surface area contributed by atoms with E-state index < -0.39 is 15.9 Å². The maximum atomic E-state index is 12.3. The Labute approximate surface area is 204 Å². The van der Waals surface area contributed by atoms with Crippen LogP contribution in [-0.2, 0) is 10.0 Å². The number of nitrogens with two attached hydrogens (primary N) is 2. The highest BCUT2D eigenvalue weighted by Gasteiger charge is 2.19. The standard InChI is InChI=1S/C19H28ClN7O3S.BrH/c1-13-5-7-14(8-6-13)31(29,30)24-9-4-11-27(2,3)12-10-23-19(28)15-17(21)26-18(22)16(20)25-15;/h5-8,24H,4,9-12H2,1-3H3,(H4-,21,22,23,26,28);1H. The molecule has 0 saturated heterocycles. The number of aromatic nitrogens is 2. The third kappa shape index (κ3) is 8.17. The molecule has 1 amide bonds. The second-order valence-electron chi connectivity index (χ2n) is 7.84. The van der Waals surface area contributed by atoms with Crippen molar-refractivity contribution in [2.24, 2.45) is 0 Å². The Bertz CT molecular complexity index is 1030. The lowest BCUT2D eigenvalue weighted by molar-refractivity contribution is -0.889. The molecule has 0 spiro atoms. The van der Waals surface area contributed by atoms with Gasteiger partial charge >= 0.3 is 0 Å². The number of hydrogen-bond donors (Lipinski definition) is 4. The van der Waals surface area contributed by atoms with Gasteiger partial charge in [0.1, 0.15) is 0 Å². The predicted molar refractivity (Wildman–Crippen MR) is 121 cm³/mol. The molecule has 0 aliphatic rings. The second-order valence-corrected chi connectivity index (χ2v) is 9.96. The molecule has 0 radical (unpaired) electrons. The van der Waals surface area contributed by atoms with Crippen LogP contribution in [0.1, 0.15) is 22.5 Å². The van der Waals surface area contributed by atoms with Gasteiger partial charge in [-0.1, -0.05) is 29.3 Å². The summed E-state index contributed by atoms with van der Waals surface area (Å²) in [4.78, 5) is 20.2. The number of aryl methyl sites for hydroxylation is 1. The number of likely N-dealkylation sites (N-methyl/N-ethyl adjacent to an activating group) is 1. The lowest BCUT2D eigenvalue weighted by Crippen LogP contribution is -3.00. The maximum Gasteiger partial charge on any atom is 0.273 e. The average molecular weight is 551 g/mol. The molecule has 1 aromatic heterocycles. The number of carbonyl (C=O) groups is 1. The number of carbonyl (C=O) groups excluding carboxylic acids is 1. The minimum Gasteiger partial charge on any atom is -1.00 e. The van der Waals surface area contributed by atoms with Crippen molar-refractivity contribution in [3.8, 4) is 0 Å². The zero-order valence-electron chi connectivity index (χ0n) is 18.2. The van der Waals surface area contributed by atoms with Gasteiger partial charge in [-0.3, -0.25) is 4.79 Å². The molecule has 0 saturated carbocycles. The molecule has 0 fully saturated rings. The van der Waals surface area contributed by atoms with Gasteiger partial charge in [0, 0.05) is 13.0 Å². The van der Waals surface area contributed by atoms with Crippen LogP contribution in [0.2, 0.25) is 5.15 Å². The molecule has 0 aliphatic carbocycles. The SMILES string of the molecule is Cc1ccc(S(=O)(=O)NCCC[N+](C)(C)CCNC(=O)c2nc(Cl)c(N)nc2N)cc1.[Br-]. The van der Waals surface area contributed by atoms with Crippen LogP contribution in [-0.4, -0.2) is 69.1 Å². The van der Waals surface area contributed by atoms with Crippen LogP contribution >= 0.6 is 11.6 Å². The van der Waals surface area contributed by atoms with Gasteiger partial charge in [0.2, 0.25) is 10.0 Å². The van der Waals surface area contributed by atoms with Crippen molar-refractivity contribution in [2.45, 2.75) is 18.2 Å². The van der Waals surface area contributed by atoms with Gasteiger partial charge in [0.05, 0.1) is 38.6 Å². The van der Waals surface area contributed by atoms with Crippen LogP contribution in [0.4, 0.5) is 11.6 Å². The zero-order valence-corrected chi connectivity index (χ0v) is 21.4. The van der Waals surface area contributed by atoms with Crippen molar-refractivity contribution >= 4 is 39.2 Å². The number of amides is 1. The van der Waals surface area contributed by atoms with Crippen LogP contribution < -0.4 is 38.5 Å². The quantitative estimate of drug-likeness (QED) is 0.193. The summed E-state index contributed by atoms with van der Waals surface area (Å²) in [5.41, 5.74) is 12.1. The number of rotatable bonds is 10. The van der Waals surface area contributed by atoms with Gasteiger partial charge < -0.3 is 38.2 Å². The highest BCUT2D eigenvalue weighted by atomic mass is 79.9. The largest absolute Gasteiger partial charge is 1.00 e. The first-order chi connectivity index (χ1) is 14.4. The van der Waals surface area contributed by atoms with Crippen molar-refractivity contribution in [2.75, 3.05) is 51.7 Å². The van der Waals surface area contributed by atoms with Crippen molar-refractivity contribution < 1.29 is 34.7 Å². The number of nitrogens with one attached hydrogen (secondary N) is 2. The topological polar surface area (TPSA) is 153 Å². The van der Waals surface area contributed by atoms with E-state index in [9.17, 15) is 13.2 Å². The molecule has 10 nitrogen and oxygen atoms in total. The summed E-state index contributed by atoms with van der Waals surface area (Å²) >= 11 is 5.80. The molecule has 13 heteroatoms. The Morgan fingerprint density at radius 3 is 2.31 bits per heavy atom. The summed E-state index contributed by atoms with van der Waals surface area (Å²) in [5.74, 6) is -0.613. The lowest BCUT2D eigenvalue weighted by Gasteiger charge is -2.30. The van der Waals surface area contributed by atoms with Gasteiger partial charge in [-0.15, -0.1) is 0 Å². The van der Waals surface area contributed by atoms with Crippen molar-refractivity contribution in [3.63, 3.8) is 0 Å². The highest BCUT2D eigenvalue weighted by molar-refractivity contribution is 7.89.